The highest BCUT2D eigenvalue weighted by molar-refractivity contribution is 6.35. The summed E-state index contributed by atoms with van der Waals surface area (Å²) in [7, 11) is 1.60. The highest BCUT2D eigenvalue weighted by atomic mass is 35.5. The molecule has 0 amide bonds. The molecule has 1 aromatic heterocycles. The largest absolute Gasteiger partial charge is 0.433 e. The van der Waals surface area contributed by atoms with E-state index in [1.165, 1.54) is 12.1 Å². The number of aliphatic imine (C=N–C) groups is 1. The predicted molar refractivity (Wildman–Crippen MR) is 98.5 cm³/mol. The number of aryl methyl sites for hydroxylation is 1. The van der Waals surface area contributed by atoms with Crippen molar-refractivity contribution in [3.8, 4) is 5.75 Å². The third-order valence-electron chi connectivity index (χ3n) is 4.06. The van der Waals surface area contributed by atoms with Crippen molar-refractivity contribution in [1.82, 2.24) is 25.4 Å². The standard InChI is InChI=1S/C16H18Cl2F2N6O/c1-21-16(23-8-13-25-24-12-3-2-4-26(12)13)22-7-9-5-10(17)6-11(18)14(9)27-15(19)20/h5-6,15H,2-4,7-8H2,1H3,(H2,21,22,23). The number of nitrogens with one attached hydrogen (secondary N) is 2. The number of fused-ring (bicyclic) bond motifs is 1. The molecule has 2 aromatic rings. The summed E-state index contributed by atoms with van der Waals surface area (Å²) >= 11 is 11.9. The molecule has 27 heavy (non-hydrogen) atoms. The smallest absolute Gasteiger partial charge is 0.387 e. The molecular formula is C16H18Cl2F2N6O. The first-order valence-corrected chi connectivity index (χ1v) is 9.01. The Kier molecular flexibility index (Phi) is 6.33. The number of rotatable bonds is 6. The van der Waals surface area contributed by atoms with Crippen LogP contribution in [-0.2, 0) is 26.1 Å². The summed E-state index contributed by atoms with van der Waals surface area (Å²) in [5.41, 5.74) is 0.388. The molecule has 0 spiro atoms. The minimum absolute atomic E-state index is 0.0153. The molecule has 1 aliphatic rings. The van der Waals surface area contributed by atoms with Gasteiger partial charge >= 0.3 is 6.61 Å². The van der Waals surface area contributed by atoms with E-state index in [-0.39, 0.29) is 17.3 Å². The van der Waals surface area contributed by atoms with Gasteiger partial charge in [-0.25, -0.2) is 0 Å². The average molecular weight is 419 g/mol. The first-order chi connectivity index (χ1) is 13.0. The Balaban J connectivity index is 1.64. The number of guanidine groups is 1. The fraction of sp³-hybridized carbons (Fsp3) is 0.438. The molecule has 7 nitrogen and oxygen atoms in total. The second kappa shape index (κ2) is 8.71. The van der Waals surface area contributed by atoms with Crippen LogP contribution in [0.2, 0.25) is 10.0 Å². The lowest BCUT2D eigenvalue weighted by Crippen LogP contribution is -2.37. The van der Waals surface area contributed by atoms with Gasteiger partial charge in [-0.05, 0) is 18.6 Å². The molecule has 3 rings (SSSR count). The molecule has 2 heterocycles. The molecule has 0 atom stereocenters. The van der Waals surface area contributed by atoms with Crippen LogP contribution in [0.5, 0.6) is 5.75 Å². The molecule has 146 valence electrons. The number of ether oxygens (including phenoxy) is 1. The van der Waals surface area contributed by atoms with Crippen LogP contribution in [0, 0.1) is 0 Å². The molecular weight excluding hydrogens is 401 g/mol. The van der Waals surface area contributed by atoms with Crippen LogP contribution in [-0.4, -0.2) is 34.4 Å². The van der Waals surface area contributed by atoms with E-state index in [0.29, 0.717) is 23.1 Å². The van der Waals surface area contributed by atoms with Crippen LogP contribution in [0.25, 0.3) is 0 Å². The van der Waals surface area contributed by atoms with E-state index in [1.54, 1.807) is 7.05 Å². The molecule has 0 unspecified atom stereocenters. The lowest BCUT2D eigenvalue weighted by atomic mass is 10.2. The van der Waals surface area contributed by atoms with Crippen LogP contribution in [0.3, 0.4) is 0 Å². The molecule has 1 aromatic carbocycles. The van der Waals surface area contributed by atoms with Crippen LogP contribution < -0.4 is 15.4 Å². The van der Waals surface area contributed by atoms with E-state index in [4.69, 9.17) is 23.2 Å². The van der Waals surface area contributed by atoms with E-state index in [1.807, 2.05) is 0 Å². The lowest BCUT2D eigenvalue weighted by Gasteiger charge is -2.16. The number of nitrogens with zero attached hydrogens (tertiary/aromatic N) is 4. The van der Waals surface area contributed by atoms with Crippen molar-refractivity contribution in [2.45, 2.75) is 39.1 Å². The minimum Gasteiger partial charge on any atom is -0.433 e. The van der Waals surface area contributed by atoms with Gasteiger partial charge in [-0.2, -0.15) is 8.78 Å². The van der Waals surface area contributed by atoms with Gasteiger partial charge in [-0.15, -0.1) is 10.2 Å². The van der Waals surface area contributed by atoms with Crippen molar-refractivity contribution >= 4 is 29.2 Å². The van der Waals surface area contributed by atoms with Gasteiger partial charge in [0.1, 0.15) is 11.6 Å². The number of hydrogen-bond acceptors (Lipinski definition) is 4. The van der Waals surface area contributed by atoms with Crippen molar-refractivity contribution in [3.63, 3.8) is 0 Å². The number of halogens is 4. The fourth-order valence-electron chi connectivity index (χ4n) is 2.87. The molecule has 0 radical (unpaired) electrons. The van der Waals surface area contributed by atoms with E-state index < -0.39 is 6.61 Å². The van der Waals surface area contributed by atoms with Crippen molar-refractivity contribution in [2.75, 3.05) is 7.05 Å². The second-order valence-electron chi connectivity index (χ2n) is 5.82. The topological polar surface area (TPSA) is 76.4 Å². The number of benzene rings is 1. The average Bonchev–Trinajstić information content (AvgIpc) is 3.22. The monoisotopic (exact) mass is 418 g/mol. The van der Waals surface area contributed by atoms with Gasteiger partial charge in [0, 0.05) is 37.1 Å². The molecule has 2 N–H and O–H groups in total. The van der Waals surface area contributed by atoms with Crippen LogP contribution in [0.15, 0.2) is 17.1 Å². The van der Waals surface area contributed by atoms with Gasteiger partial charge in [0.15, 0.2) is 11.8 Å². The molecule has 0 aliphatic carbocycles. The van der Waals surface area contributed by atoms with Crippen LogP contribution in [0.1, 0.15) is 23.6 Å². The Bertz CT molecular complexity index is 843. The third kappa shape index (κ3) is 4.78. The summed E-state index contributed by atoms with van der Waals surface area (Å²) in [6.07, 6.45) is 2.00. The summed E-state index contributed by atoms with van der Waals surface area (Å²) in [6, 6.07) is 2.86. The zero-order chi connectivity index (χ0) is 19.4. The molecule has 0 fully saturated rings. The van der Waals surface area contributed by atoms with Crippen molar-refractivity contribution < 1.29 is 13.5 Å². The quantitative estimate of drug-likeness (QED) is 0.556. The normalized spacial score (nSPS) is 13.8. The number of alkyl halides is 2. The summed E-state index contributed by atoms with van der Waals surface area (Å²) in [5.74, 6) is 2.15. The van der Waals surface area contributed by atoms with Crippen LogP contribution >= 0.6 is 23.2 Å². The maximum Gasteiger partial charge on any atom is 0.387 e. The fourth-order valence-corrected chi connectivity index (χ4v) is 3.45. The zero-order valence-electron chi connectivity index (χ0n) is 14.5. The molecule has 0 saturated heterocycles. The maximum atomic E-state index is 12.6. The molecule has 0 saturated carbocycles. The maximum absolute atomic E-state index is 12.6. The lowest BCUT2D eigenvalue weighted by molar-refractivity contribution is -0.0504. The molecule has 0 bridgehead atoms. The van der Waals surface area contributed by atoms with Crippen molar-refractivity contribution in [3.05, 3.63) is 39.4 Å². The molecule has 1 aliphatic heterocycles. The molecule has 11 heteroatoms. The minimum atomic E-state index is -2.99. The third-order valence-corrected chi connectivity index (χ3v) is 4.56. The Hall–Kier alpha value is -2.13. The van der Waals surface area contributed by atoms with E-state index in [9.17, 15) is 8.78 Å². The van der Waals surface area contributed by atoms with Crippen LogP contribution in [0.4, 0.5) is 8.78 Å². The summed E-state index contributed by atoms with van der Waals surface area (Å²) in [6.45, 7) is -1.51. The summed E-state index contributed by atoms with van der Waals surface area (Å²) < 4.78 is 31.9. The number of hydrogen-bond donors (Lipinski definition) is 2. The van der Waals surface area contributed by atoms with Gasteiger partial charge in [0.05, 0.1) is 11.6 Å². The highest BCUT2D eigenvalue weighted by Crippen LogP contribution is 2.33. The van der Waals surface area contributed by atoms with Crippen molar-refractivity contribution in [2.24, 2.45) is 4.99 Å². The van der Waals surface area contributed by atoms with E-state index in [0.717, 1.165) is 31.0 Å². The summed E-state index contributed by atoms with van der Waals surface area (Å²) in [4.78, 5) is 4.11. The SMILES string of the molecule is CN=C(NCc1cc(Cl)cc(Cl)c1OC(F)F)NCc1nnc2n1CCC2. The number of aromatic nitrogens is 3. The van der Waals surface area contributed by atoms with Gasteiger partial charge in [0.2, 0.25) is 0 Å². The Labute approximate surface area is 164 Å². The Morgan fingerprint density at radius 1 is 1.30 bits per heavy atom. The van der Waals surface area contributed by atoms with E-state index in [2.05, 4.69) is 35.1 Å². The van der Waals surface area contributed by atoms with Gasteiger partial charge in [0.25, 0.3) is 0 Å². The van der Waals surface area contributed by atoms with Gasteiger partial charge in [-0.1, -0.05) is 23.2 Å². The van der Waals surface area contributed by atoms with E-state index >= 15 is 0 Å². The van der Waals surface area contributed by atoms with Gasteiger partial charge < -0.3 is 19.9 Å². The zero-order valence-corrected chi connectivity index (χ0v) is 16.0. The summed E-state index contributed by atoms with van der Waals surface area (Å²) in [5, 5.41) is 14.8. The Morgan fingerprint density at radius 2 is 2.07 bits per heavy atom. The predicted octanol–water partition coefficient (Wildman–Crippen LogP) is 3.00. The first kappa shape index (κ1) is 19.6. The first-order valence-electron chi connectivity index (χ1n) is 8.26. The second-order valence-corrected chi connectivity index (χ2v) is 6.66. The van der Waals surface area contributed by atoms with Crippen molar-refractivity contribution in [1.29, 1.82) is 0 Å². The van der Waals surface area contributed by atoms with Gasteiger partial charge in [-0.3, -0.25) is 4.99 Å². The highest BCUT2D eigenvalue weighted by Gasteiger charge is 2.18. The Morgan fingerprint density at radius 3 is 2.81 bits per heavy atom.